The number of ether oxygens (including phenoxy) is 1. The number of benzene rings is 2. The summed E-state index contributed by atoms with van der Waals surface area (Å²) < 4.78 is 37.9. The van der Waals surface area contributed by atoms with E-state index in [0.717, 1.165) is 43.6 Å². The maximum absolute atomic E-state index is 15.4. The van der Waals surface area contributed by atoms with Crippen molar-refractivity contribution in [3.8, 4) is 17.7 Å². The fourth-order valence-corrected chi connectivity index (χ4v) is 4.75. The Hall–Kier alpha value is -4.23. The molecule has 5 rings (SSSR count). The molecular formula is C27H27F2N7O. The quantitative estimate of drug-likeness (QED) is 0.363. The van der Waals surface area contributed by atoms with Gasteiger partial charge in [-0.05, 0) is 51.1 Å². The molecule has 3 heterocycles. The van der Waals surface area contributed by atoms with Gasteiger partial charge in [-0.1, -0.05) is 0 Å². The molecule has 0 aliphatic carbocycles. The van der Waals surface area contributed by atoms with E-state index in [4.69, 9.17) is 4.74 Å². The van der Waals surface area contributed by atoms with Gasteiger partial charge in [-0.25, -0.2) is 18.7 Å². The molecule has 2 N–H and O–H groups in total. The molecule has 37 heavy (non-hydrogen) atoms. The number of aromatic nitrogens is 3. The van der Waals surface area contributed by atoms with Crippen LogP contribution in [0.1, 0.15) is 31.1 Å². The van der Waals surface area contributed by atoms with Crippen LogP contribution in [0.25, 0.3) is 10.9 Å². The molecule has 0 bridgehead atoms. The van der Waals surface area contributed by atoms with E-state index >= 15 is 8.78 Å². The van der Waals surface area contributed by atoms with Crippen LogP contribution in [-0.4, -0.2) is 40.7 Å². The van der Waals surface area contributed by atoms with Gasteiger partial charge < -0.3 is 24.8 Å². The topological polar surface area (TPSA) is 91.0 Å². The van der Waals surface area contributed by atoms with Crippen LogP contribution in [0.3, 0.4) is 0 Å². The SMILES string of the molecule is Cc1cc2c(F)c(Oc3ncnc(Nc4ccc(N5CCNCC5)cc4)c3C#N)cc(F)c2n1C(C)C. The third-order valence-electron chi connectivity index (χ3n) is 6.43. The van der Waals surface area contributed by atoms with E-state index in [1.807, 2.05) is 44.2 Å². The van der Waals surface area contributed by atoms with Crippen LogP contribution in [-0.2, 0) is 0 Å². The minimum atomic E-state index is -0.723. The molecule has 190 valence electrons. The molecule has 1 fully saturated rings. The van der Waals surface area contributed by atoms with Crippen molar-refractivity contribution in [2.75, 3.05) is 36.4 Å². The fraction of sp³-hybridized carbons (Fsp3) is 0.296. The van der Waals surface area contributed by atoms with Crippen molar-refractivity contribution < 1.29 is 13.5 Å². The zero-order chi connectivity index (χ0) is 26.1. The highest BCUT2D eigenvalue weighted by atomic mass is 19.1. The number of halogens is 2. The number of hydrogen-bond acceptors (Lipinski definition) is 7. The molecule has 1 aliphatic rings. The minimum absolute atomic E-state index is 0.0236. The Balaban J connectivity index is 1.43. The van der Waals surface area contributed by atoms with Gasteiger partial charge >= 0.3 is 0 Å². The molecule has 0 saturated carbocycles. The summed E-state index contributed by atoms with van der Waals surface area (Å²) in [5.74, 6) is -1.67. The normalized spacial score (nSPS) is 13.7. The van der Waals surface area contributed by atoms with Crippen molar-refractivity contribution >= 4 is 28.1 Å². The molecule has 2 aromatic heterocycles. The highest BCUT2D eigenvalue weighted by molar-refractivity contribution is 5.84. The van der Waals surface area contributed by atoms with E-state index in [1.165, 1.54) is 6.33 Å². The number of nitriles is 1. The summed E-state index contributed by atoms with van der Waals surface area (Å²) in [6, 6.07) is 12.3. The maximum Gasteiger partial charge on any atom is 0.242 e. The van der Waals surface area contributed by atoms with Gasteiger partial charge in [-0.3, -0.25) is 0 Å². The summed E-state index contributed by atoms with van der Waals surface area (Å²) in [4.78, 5) is 10.5. The number of hydrogen-bond donors (Lipinski definition) is 2. The summed E-state index contributed by atoms with van der Waals surface area (Å²) in [5.41, 5.74) is 2.70. The number of rotatable bonds is 6. The van der Waals surface area contributed by atoms with E-state index < -0.39 is 11.6 Å². The van der Waals surface area contributed by atoms with Gasteiger partial charge in [0, 0.05) is 60.7 Å². The Kier molecular flexibility index (Phi) is 6.63. The van der Waals surface area contributed by atoms with E-state index in [9.17, 15) is 5.26 Å². The number of nitrogens with one attached hydrogen (secondary N) is 2. The number of fused-ring (bicyclic) bond motifs is 1. The first-order valence-corrected chi connectivity index (χ1v) is 12.1. The molecule has 0 unspecified atom stereocenters. The molecule has 1 saturated heterocycles. The molecule has 0 radical (unpaired) electrons. The summed E-state index contributed by atoms with van der Waals surface area (Å²) >= 11 is 0. The van der Waals surface area contributed by atoms with Crippen LogP contribution >= 0.6 is 0 Å². The van der Waals surface area contributed by atoms with Crippen molar-refractivity contribution in [3.05, 3.63) is 65.6 Å². The van der Waals surface area contributed by atoms with Crippen LogP contribution in [0.2, 0.25) is 0 Å². The van der Waals surface area contributed by atoms with E-state index in [1.54, 1.807) is 17.6 Å². The highest BCUT2D eigenvalue weighted by Gasteiger charge is 2.22. The maximum atomic E-state index is 15.4. The average Bonchev–Trinajstić information content (AvgIpc) is 3.26. The zero-order valence-electron chi connectivity index (χ0n) is 20.8. The molecule has 0 spiro atoms. The monoisotopic (exact) mass is 503 g/mol. The van der Waals surface area contributed by atoms with Gasteiger partial charge in [0.05, 0.1) is 5.52 Å². The lowest BCUT2D eigenvalue weighted by Crippen LogP contribution is -2.43. The number of aryl methyl sites for hydroxylation is 1. The van der Waals surface area contributed by atoms with Crippen LogP contribution in [0, 0.1) is 29.9 Å². The molecule has 2 aromatic carbocycles. The lowest BCUT2D eigenvalue weighted by molar-refractivity contribution is 0.424. The van der Waals surface area contributed by atoms with Gasteiger partial charge in [0.1, 0.15) is 12.4 Å². The fourth-order valence-electron chi connectivity index (χ4n) is 4.75. The second-order valence-electron chi connectivity index (χ2n) is 9.21. The van der Waals surface area contributed by atoms with Gasteiger partial charge in [0.2, 0.25) is 5.88 Å². The van der Waals surface area contributed by atoms with Crippen LogP contribution in [0.4, 0.5) is 26.0 Å². The summed E-state index contributed by atoms with van der Waals surface area (Å²) in [5, 5.41) is 16.4. The highest BCUT2D eigenvalue weighted by Crippen LogP contribution is 2.36. The first kappa shape index (κ1) is 24.5. The Morgan fingerprint density at radius 3 is 2.51 bits per heavy atom. The Bertz CT molecular complexity index is 1490. The average molecular weight is 504 g/mol. The second-order valence-corrected chi connectivity index (χ2v) is 9.21. The van der Waals surface area contributed by atoms with Crippen molar-refractivity contribution in [1.29, 1.82) is 5.26 Å². The Morgan fingerprint density at radius 2 is 1.84 bits per heavy atom. The minimum Gasteiger partial charge on any atom is -0.434 e. The van der Waals surface area contributed by atoms with E-state index in [-0.39, 0.29) is 40.0 Å². The summed E-state index contributed by atoms with van der Waals surface area (Å²) in [6.45, 7) is 9.35. The second kappa shape index (κ2) is 10.0. The van der Waals surface area contributed by atoms with Crippen molar-refractivity contribution in [2.24, 2.45) is 0 Å². The Labute approximate surface area is 213 Å². The molecular weight excluding hydrogens is 476 g/mol. The number of anilines is 3. The zero-order valence-corrected chi connectivity index (χ0v) is 20.8. The standard InChI is InChI=1S/C27H27F2N7O/c1-16(2)36-17(3)12-20-24(29)23(13-22(28)25(20)36)37-27-21(14-30)26(32-15-33-27)34-18-4-6-19(7-5-18)35-10-8-31-9-11-35/h4-7,12-13,15-16,31H,8-11H2,1-3H3,(H,32,33,34). The third-order valence-corrected chi connectivity index (χ3v) is 6.43. The first-order chi connectivity index (χ1) is 17.9. The van der Waals surface area contributed by atoms with Gasteiger partial charge in [-0.2, -0.15) is 5.26 Å². The van der Waals surface area contributed by atoms with E-state index in [0.29, 0.717) is 5.69 Å². The van der Waals surface area contributed by atoms with Crippen LogP contribution in [0.5, 0.6) is 11.6 Å². The van der Waals surface area contributed by atoms with E-state index in [2.05, 4.69) is 25.5 Å². The molecule has 0 amide bonds. The largest absolute Gasteiger partial charge is 0.434 e. The molecule has 0 atom stereocenters. The smallest absolute Gasteiger partial charge is 0.242 e. The lowest BCUT2D eigenvalue weighted by Gasteiger charge is -2.29. The summed E-state index contributed by atoms with van der Waals surface area (Å²) in [7, 11) is 0. The van der Waals surface area contributed by atoms with Crippen molar-refractivity contribution in [2.45, 2.75) is 26.8 Å². The predicted octanol–water partition coefficient (Wildman–Crippen LogP) is 5.42. The van der Waals surface area contributed by atoms with Crippen molar-refractivity contribution in [3.63, 3.8) is 0 Å². The lowest BCUT2D eigenvalue weighted by atomic mass is 10.2. The molecule has 8 nitrogen and oxygen atoms in total. The molecule has 1 aliphatic heterocycles. The van der Waals surface area contributed by atoms with Crippen molar-refractivity contribution in [1.82, 2.24) is 19.9 Å². The van der Waals surface area contributed by atoms with Gasteiger partial charge in [0.25, 0.3) is 0 Å². The molecule has 10 heteroatoms. The first-order valence-electron chi connectivity index (χ1n) is 12.1. The number of nitrogens with zero attached hydrogens (tertiary/aromatic N) is 5. The van der Waals surface area contributed by atoms with Crippen LogP contribution in [0.15, 0.2) is 42.7 Å². The summed E-state index contributed by atoms with van der Waals surface area (Å²) in [6.07, 6.45) is 1.21. The third kappa shape index (κ3) is 4.66. The Morgan fingerprint density at radius 1 is 1.11 bits per heavy atom. The van der Waals surface area contributed by atoms with Gasteiger partial charge in [-0.15, -0.1) is 0 Å². The van der Waals surface area contributed by atoms with Crippen LogP contribution < -0.4 is 20.3 Å². The molecule has 4 aromatic rings. The van der Waals surface area contributed by atoms with Gasteiger partial charge in [0.15, 0.2) is 28.8 Å². The number of piperazine rings is 1. The predicted molar refractivity (Wildman–Crippen MR) is 139 cm³/mol.